The van der Waals surface area contributed by atoms with Gasteiger partial charge in [0.2, 0.25) is 0 Å². The molecule has 0 spiro atoms. The number of carbonyl (C=O) groups excluding carboxylic acids is 1. The fourth-order valence-electron chi connectivity index (χ4n) is 6.75. The van der Waals surface area contributed by atoms with Gasteiger partial charge in [-0.2, -0.15) is 0 Å². The summed E-state index contributed by atoms with van der Waals surface area (Å²) in [5.74, 6) is 3.05. The van der Waals surface area contributed by atoms with Crippen LogP contribution in [-0.4, -0.2) is 18.5 Å². The Bertz CT molecular complexity index is 427. The van der Waals surface area contributed by atoms with Gasteiger partial charge in [-0.3, -0.25) is 4.79 Å². The molecule has 0 aromatic rings. The minimum atomic E-state index is -0.0847. The van der Waals surface area contributed by atoms with E-state index in [9.17, 15) is 4.79 Å². The van der Waals surface area contributed by atoms with E-state index in [4.69, 9.17) is 4.74 Å². The molecule has 4 rings (SSSR count). The van der Waals surface area contributed by atoms with Crippen molar-refractivity contribution in [2.24, 2.45) is 35.0 Å². The normalized spacial score (nSPS) is 54.3. The topological polar surface area (TPSA) is 26.3 Å². The molecule has 4 aliphatic carbocycles. The Morgan fingerprint density at radius 1 is 1.11 bits per heavy atom. The van der Waals surface area contributed by atoms with Gasteiger partial charge in [-0.1, -0.05) is 26.7 Å². The molecule has 6 atom stereocenters. The lowest BCUT2D eigenvalue weighted by Crippen LogP contribution is -2.74. The highest BCUT2D eigenvalue weighted by atomic mass is 16.5. The molecule has 4 saturated carbocycles. The molecule has 19 heavy (non-hydrogen) atoms. The van der Waals surface area contributed by atoms with Crippen molar-refractivity contribution in [3.05, 3.63) is 0 Å². The average Bonchev–Trinajstić information content (AvgIpc) is 2.62. The van der Waals surface area contributed by atoms with Gasteiger partial charge in [-0.25, -0.2) is 0 Å². The third-order valence-electron chi connectivity index (χ3n) is 7.40. The third-order valence-corrected chi connectivity index (χ3v) is 7.40. The quantitative estimate of drug-likeness (QED) is 0.723. The van der Waals surface area contributed by atoms with Gasteiger partial charge in [0.15, 0.2) is 0 Å². The molecule has 0 N–H and O–H groups in total. The molecule has 0 aliphatic heterocycles. The second-order valence-corrected chi connectivity index (χ2v) is 8.00. The first-order chi connectivity index (χ1) is 9.05. The first kappa shape index (κ1) is 12.4. The summed E-state index contributed by atoms with van der Waals surface area (Å²) in [5.41, 5.74) is 0.0741. The van der Waals surface area contributed by atoms with Crippen molar-refractivity contribution >= 4 is 5.78 Å². The molecule has 0 aromatic heterocycles. The summed E-state index contributed by atoms with van der Waals surface area (Å²) in [6.45, 7) is 4.64. The Balaban J connectivity index is 1.82. The van der Waals surface area contributed by atoms with Crippen LogP contribution in [0, 0.1) is 35.0 Å². The number of ketones is 1. The van der Waals surface area contributed by atoms with Crippen molar-refractivity contribution < 1.29 is 9.53 Å². The van der Waals surface area contributed by atoms with Crippen LogP contribution < -0.4 is 0 Å². The molecule has 0 radical (unpaired) electrons. The lowest BCUT2D eigenvalue weighted by molar-refractivity contribution is -0.276. The van der Waals surface area contributed by atoms with Gasteiger partial charge in [0.25, 0.3) is 0 Å². The van der Waals surface area contributed by atoms with Crippen molar-refractivity contribution in [1.82, 2.24) is 0 Å². The second-order valence-electron chi connectivity index (χ2n) is 8.00. The number of ether oxygens (including phenoxy) is 1. The smallest absolute Gasteiger partial charge is 0.142 e. The molecular weight excluding hydrogens is 236 g/mol. The third kappa shape index (κ3) is 1.17. The van der Waals surface area contributed by atoms with Gasteiger partial charge in [0, 0.05) is 13.0 Å². The summed E-state index contributed by atoms with van der Waals surface area (Å²) >= 11 is 0. The van der Waals surface area contributed by atoms with E-state index in [1.54, 1.807) is 0 Å². The zero-order valence-corrected chi connectivity index (χ0v) is 12.4. The predicted molar refractivity (Wildman–Crippen MR) is 73.7 cm³/mol. The molecule has 0 aromatic carbocycles. The van der Waals surface area contributed by atoms with Crippen molar-refractivity contribution in [2.75, 3.05) is 7.11 Å². The minimum Gasteiger partial charge on any atom is -0.377 e. The first-order valence-electron chi connectivity index (χ1n) is 8.14. The van der Waals surface area contributed by atoms with Crippen molar-refractivity contribution in [3.8, 4) is 0 Å². The van der Waals surface area contributed by atoms with Crippen LogP contribution in [0.25, 0.3) is 0 Å². The van der Waals surface area contributed by atoms with Gasteiger partial charge in [-0.05, 0) is 48.9 Å². The molecule has 2 nitrogen and oxygen atoms in total. The molecule has 0 saturated heterocycles. The van der Waals surface area contributed by atoms with Gasteiger partial charge < -0.3 is 4.74 Å². The van der Waals surface area contributed by atoms with E-state index >= 15 is 0 Å². The van der Waals surface area contributed by atoms with Crippen LogP contribution in [0.15, 0.2) is 0 Å². The van der Waals surface area contributed by atoms with E-state index in [1.807, 2.05) is 7.11 Å². The highest BCUT2D eigenvalue weighted by Crippen LogP contribution is 2.72. The van der Waals surface area contributed by atoms with Crippen LogP contribution in [0.1, 0.15) is 52.4 Å². The molecule has 4 fully saturated rings. The summed E-state index contributed by atoms with van der Waals surface area (Å²) in [4.78, 5) is 13.0. The Hall–Kier alpha value is -0.370. The van der Waals surface area contributed by atoms with Gasteiger partial charge in [0.05, 0.1) is 11.5 Å². The molecule has 4 aliphatic rings. The monoisotopic (exact) mass is 262 g/mol. The second kappa shape index (κ2) is 3.63. The molecule has 2 bridgehead atoms. The lowest BCUT2D eigenvalue weighted by Gasteiger charge is -2.69. The number of rotatable bonds is 1. The fourth-order valence-corrected chi connectivity index (χ4v) is 6.75. The molecule has 0 heterocycles. The average molecular weight is 262 g/mol. The van der Waals surface area contributed by atoms with Gasteiger partial charge >= 0.3 is 0 Å². The minimum absolute atomic E-state index is 0.0847. The van der Waals surface area contributed by atoms with Crippen molar-refractivity contribution in [2.45, 2.75) is 58.0 Å². The number of Topliss-reactive ketones (excluding diaryl/α,β-unsaturated/α-hetero) is 1. The zero-order chi connectivity index (χ0) is 13.4. The van der Waals surface area contributed by atoms with E-state index in [-0.39, 0.29) is 16.9 Å². The van der Waals surface area contributed by atoms with Crippen LogP contribution in [0.3, 0.4) is 0 Å². The molecule has 106 valence electrons. The highest BCUT2D eigenvalue weighted by molar-refractivity contribution is 5.89. The maximum atomic E-state index is 13.0. The van der Waals surface area contributed by atoms with E-state index in [0.717, 1.165) is 6.42 Å². The van der Waals surface area contributed by atoms with Crippen LogP contribution in [0.2, 0.25) is 0 Å². The lowest BCUT2D eigenvalue weighted by atomic mass is 9.38. The van der Waals surface area contributed by atoms with Gasteiger partial charge in [0.1, 0.15) is 5.78 Å². The van der Waals surface area contributed by atoms with Crippen LogP contribution >= 0.6 is 0 Å². The number of carbonyl (C=O) groups is 1. The van der Waals surface area contributed by atoms with Crippen LogP contribution in [-0.2, 0) is 9.53 Å². The summed E-state index contributed by atoms with van der Waals surface area (Å²) in [7, 11) is 1.87. The first-order valence-corrected chi connectivity index (χ1v) is 8.14. The molecule has 0 unspecified atom stereocenters. The summed E-state index contributed by atoms with van der Waals surface area (Å²) < 4.78 is 6.16. The number of fused-ring (bicyclic) bond motifs is 7. The number of methoxy groups -OCH3 is 1. The van der Waals surface area contributed by atoms with Crippen LogP contribution in [0.5, 0.6) is 0 Å². The maximum Gasteiger partial charge on any atom is 0.142 e. The maximum absolute atomic E-state index is 13.0. The van der Waals surface area contributed by atoms with Crippen LogP contribution in [0.4, 0.5) is 0 Å². The van der Waals surface area contributed by atoms with Gasteiger partial charge in [-0.15, -0.1) is 0 Å². The Labute approximate surface area is 116 Å². The zero-order valence-electron chi connectivity index (χ0n) is 12.4. The van der Waals surface area contributed by atoms with E-state index in [0.29, 0.717) is 29.5 Å². The Morgan fingerprint density at radius 3 is 2.58 bits per heavy atom. The van der Waals surface area contributed by atoms with Crippen molar-refractivity contribution in [3.63, 3.8) is 0 Å². The molecule has 0 amide bonds. The van der Waals surface area contributed by atoms with E-state index in [2.05, 4.69) is 13.8 Å². The number of hydrogen-bond donors (Lipinski definition) is 0. The van der Waals surface area contributed by atoms with E-state index < -0.39 is 0 Å². The molecular formula is C17H26O2. The number of hydrogen-bond acceptors (Lipinski definition) is 2. The standard InChI is InChI=1S/C17H26O2/c1-16(2)12-8-9-13(16)17(19-3)11-7-5-4-6-10(11)14(17)15(12)18/h10-14H,4-9H2,1-3H3/t10-,11-,12+,13+,14-,17-/m0/s1. The summed E-state index contributed by atoms with van der Waals surface area (Å²) in [5, 5.41) is 0. The highest BCUT2D eigenvalue weighted by Gasteiger charge is 2.76. The van der Waals surface area contributed by atoms with Crippen molar-refractivity contribution in [1.29, 1.82) is 0 Å². The Kier molecular flexibility index (Phi) is 2.37. The Morgan fingerprint density at radius 2 is 1.84 bits per heavy atom. The summed E-state index contributed by atoms with van der Waals surface area (Å²) in [6.07, 6.45) is 7.54. The largest absolute Gasteiger partial charge is 0.377 e. The SMILES string of the molecule is CO[C@]12[C@H](C(=O)[C@H]3CC[C@@H]1C3(C)C)[C@H]1CCCC[C@@H]12. The van der Waals surface area contributed by atoms with E-state index in [1.165, 1.54) is 32.1 Å². The predicted octanol–water partition coefficient (Wildman–Crippen LogP) is 3.44. The fraction of sp³-hybridized carbons (Fsp3) is 0.941. The molecule has 2 heteroatoms. The summed E-state index contributed by atoms with van der Waals surface area (Å²) in [6, 6.07) is 0.